The van der Waals surface area contributed by atoms with Gasteiger partial charge in [0, 0.05) is 30.8 Å². The Hall–Kier alpha value is -2.60. The maximum absolute atomic E-state index is 5.95. The third-order valence-corrected chi connectivity index (χ3v) is 5.19. The van der Waals surface area contributed by atoms with Crippen molar-refractivity contribution >= 4 is 5.82 Å². The van der Waals surface area contributed by atoms with Gasteiger partial charge in [-0.2, -0.15) is 5.10 Å². The summed E-state index contributed by atoms with van der Waals surface area (Å²) in [6.07, 6.45) is 2.23. The number of hydrogen-bond acceptors (Lipinski definition) is 5. The maximum atomic E-state index is 5.95. The largest absolute Gasteiger partial charge is 0.361 e. The van der Waals surface area contributed by atoms with Crippen molar-refractivity contribution in [3.05, 3.63) is 65.2 Å². The summed E-state index contributed by atoms with van der Waals surface area (Å²) in [5.74, 6) is 2.10. The number of rotatable bonds is 6. The Morgan fingerprint density at radius 3 is 2.65 bits per heavy atom. The van der Waals surface area contributed by atoms with E-state index in [0.29, 0.717) is 12.5 Å². The van der Waals surface area contributed by atoms with E-state index < -0.39 is 0 Å². The van der Waals surface area contributed by atoms with Gasteiger partial charge in [0.1, 0.15) is 11.9 Å². The summed E-state index contributed by atoms with van der Waals surface area (Å²) >= 11 is 0. The highest BCUT2D eigenvalue weighted by molar-refractivity contribution is 5.39. The molecule has 6 nitrogen and oxygen atoms in total. The van der Waals surface area contributed by atoms with Crippen molar-refractivity contribution in [3.8, 4) is 0 Å². The summed E-state index contributed by atoms with van der Waals surface area (Å²) in [5, 5.41) is 8.69. The van der Waals surface area contributed by atoms with E-state index in [4.69, 9.17) is 9.26 Å². The first-order chi connectivity index (χ1) is 12.5. The Kier molecular flexibility index (Phi) is 4.28. The molecule has 1 aliphatic heterocycles. The highest BCUT2D eigenvalue weighted by Crippen LogP contribution is 2.38. The van der Waals surface area contributed by atoms with E-state index in [1.54, 1.807) is 0 Å². The summed E-state index contributed by atoms with van der Waals surface area (Å²) in [5.41, 5.74) is 3.30. The van der Waals surface area contributed by atoms with E-state index in [1.165, 1.54) is 5.56 Å². The van der Waals surface area contributed by atoms with Crippen LogP contribution in [0.15, 0.2) is 47.1 Å². The summed E-state index contributed by atoms with van der Waals surface area (Å²) in [6.45, 7) is 6.75. The van der Waals surface area contributed by atoms with Crippen molar-refractivity contribution in [2.45, 2.75) is 45.6 Å². The van der Waals surface area contributed by atoms with Crippen LogP contribution in [0.25, 0.3) is 0 Å². The molecule has 4 rings (SSSR count). The number of hydrogen-bond donors (Lipinski definition) is 0. The number of aromatic nitrogens is 3. The number of benzene rings is 1. The second-order valence-corrected chi connectivity index (χ2v) is 6.98. The standard InChI is InChI=1S/C20H24N4O2/c1-13(16-8-6-5-7-9-16)19-20(25-19)23(4)18-10-11-24(21-18)12-17-14(2)22-26-15(17)3/h5-11,13,19-20H,12H2,1-4H3. The lowest BCUT2D eigenvalue weighted by Gasteiger charge is -2.15. The Morgan fingerprint density at radius 2 is 1.96 bits per heavy atom. The molecule has 3 atom stereocenters. The van der Waals surface area contributed by atoms with Gasteiger partial charge in [-0.25, -0.2) is 0 Å². The summed E-state index contributed by atoms with van der Waals surface area (Å²) < 4.78 is 13.1. The van der Waals surface area contributed by atoms with Crippen LogP contribution < -0.4 is 4.90 Å². The van der Waals surface area contributed by atoms with Crippen molar-refractivity contribution in [1.82, 2.24) is 14.9 Å². The van der Waals surface area contributed by atoms with Crippen molar-refractivity contribution in [2.75, 3.05) is 11.9 Å². The Balaban J connectivity index is 1.42. The van der Waals surface area contributed by atoms with E-state index in [2.05, 4.69) is 46.3 Å². The zero-order valence-corrected chi connectivity index (χ0v) is 15.6. The van der Waals surface area contributed by atoms with Gasteiger partial charge in [-0.15, -0.1) is 0 Å². The highest BCUT2D eigenvalue weighted by Gasteiger charge is 2.46. The molecule has 0 N–H and O–H groups in total. The minimum absolute atomic E-state index is 0.0626. The van der Waals surface area contributed by atoms with Gasteiger partial charge in [0.05, 0.1) is 12.2 Å². The van der Waals surface area contributed by atoms with E-state index in [0.717, 1.165) is 22.8 Å². The molecule has 0 radical (unpaired) electrons. The van der Waals surface area contributed by atoms with Crippen LogP contribution in [0.5, 0.6) is 0 Å². The van der Waals surface area contributed by atoms with Crippen molar-refractivity contribution in [3.63, 3.8) is 0 Å². The predicted molar refractivity (Wildman–Crippen MR) is 99.2 cm³/mol. The molecule has 3 unspecified atom stereocenters. The molecular formula is C20H24N4O2. The van der Waals surface area contributed by atoms with Crippen LogP contribution in [-0.4, -0.2) is 34.3 Å². The number of aryl methyl sites for hydroxylation is 2. The molecular weight excluding hydrogens is 328 g/mol. The van der Waals surface area contributed by atoms with E-state index in [1.807, 2.05) is 43.9 Å². The monoisotopic (exact) mass is 352 g/mol. The number of epoxide rings is 1. The van der Waals surface area contributed by atoms with Crippen molar-refractivity contribution in [2.24, 2.45) is 0 Å². The van der Waals surface area contributed by atoms with Gasteiger partial charge in [0.15, 0.2) is 12.0 Å². The fourth-order valence-electron chi connectivity index (χ4n) is 3.39. The molecule has 0 amide bonds. The Morgan fingerprint density at radius 1 is 1.19 bits per heavy atom. The van der Waals surface area contributed by atoms with Gasteiger partial charge < -0.3 is 14.2 Å². The van der Waals surface area contributed by atoms with Crippen LogP contribution in [0.1, 0.15) is 35.4 Å². The average molecular weight is 352 g/mol. The maximum Gasteiger partial charge on any atom is 0.158 e. The minimum Gasteiger partial charge on any atom is -0.361 e. The predicted octanol–water partition coefficient (Wildman–Crippen LogP) is 3.50. The molecule has 0 aliphatic carbocycles. The molecule has 1 aromatic carbocycles. The molecule has 3 heterocycles. The number of ether oxygens (including phenoxy) is 1. The lowest BCUT2D eigenvalue weighted by Crippen LogP contribution is -2.25. The lowest BCUT2D eigenvalue weighted by atomic mass is 9.97. The first-order valence-corrected chi connectivity index (χ1v) is 8.93. The molecule has 26 heavy (non-hydrogen) atoms. The van der Waals surface area contributed by atoms with Gasteiger partial charge >= 0.3 is 0 Å². The molecule has 2 aromatic heterocycles. The second kappa shape index (κ2) is 6.61. The smallest absolute Gasteiger partial charge is 0.158 e. The topological polar surface area (TPSA) is 59.6 Å². The molecule has 1 aliphatic rings. The van der Waals surface area contributed by atoms with E-state index in [9.17, 15) is 0 Å². The van der Waals surface area contributed by atoms with Crippen LogP contribution >= 0.6 is 0 Å². The quantitative estimate of drug-likeness (QED) is 0.636. The summed E-state index contributed by atoms with van der Waals surface area (Å²) in [4.78, 5) is 2.11. The molecule has 1 fully saturated rings. The van der Waals surface area contributed by atoms with Crippen LogP contribution in [0.2, 0.25) is 0 Å². The van der Waals surface area contributed by atoms with E-state index in [-0.39, 0.29) is 12.3 Å². The molecule has 3 aromatic rings. The first kappa shape index (κ1) is 16.8. The van der Waals surface area contributed by atoms with Gasteiger partial charge in [-0.3, -0.25) is 4.68 Å². The van der Waals surface area contributed by atoms with Crippen LogP contribution in [-0.2, 0) is 11.3 Å². The van der Waals surface area contributed by atoms with Crippen molar-refractivity contribution < 1.29 is 9.26 Å². The molecule has 0 bridgehead atoms. The Labute approximate surface area is 153 Å². The Bertz CT molecular complexity index is 867. The summed E-state index contributed by atoms with van der Waals surface area (Å²) in [6, 6.07) is 12.5. The van der Waals surface area contributed by atoms with Crippen LogP contribution in [0.4, 0.5) is 5.82 Å². The summed E-state index contributed by atoms with van der Waals surface area (Å²) in [7, 11) is 2.03. The fourth-order valence-corrected chi connectivity index (χ4v) is 3.39. The molecule has 0 spiro atoms. The number of anilines is 1. The average Bonchev–Trinajstić information content (AvgIpc) is 3.22. The molecule has 1 saturated heterocycles. The number of nitrogens with zero attached hydrogens (tertiary/aromatic N) is 4. The van der Waals surface area contributed by atoms with Gasteiger partial charge in [0.2, 0.25) is 0 Å². The van der Waals surface area contributed by atoms with Gasteiger partial charge in [0.25, 0.3) is 0 Å². The van der Waals surface area contributed by atoms with Crippen molar-refractivity contribution in [1.29, 1.82) is 0 Å². The van der Waals surface area contributed by atoms with Crippen LogP contribution in [0, 0.1) is 13.8 Å². The molecule has 6 heteroatoms. The van der Waals surface area contributed by atoms with Gasteiger partial charge in [-0.05, 0) is 19.4 Å². The fraction of sp³-hybridized carbons (Fsp3) is 0.400. The first-order valence-electron chi connectivity index (χ1n) is 8.93. The molecule has 136 valence electrons. The zero-order chi connectivity index (χ0) is 18.3. The van der Waals surface area contributed by atoms with E-state index >= 15 is 0 Å². The second-order valence-electron chi connectivity index (χ2n) is 6.98. The SMILES string of the molecule is Cc1noc(C)c1Cn1ccc(N(C)C2OC2C(C)c2ccccc2)n1. The van der Waals surface area contributed by atoms with Gasteiger partial charge in [-0.1, -0.05) is 42.4 Å². The third kappa shape index (κ3) is 3.12. The lowest BCUT2D eigenvalue weighted by molar-refractivity contribution is 0.351. The normalized spacial score (nSPS) is 20.2. The minimum atomic E-state index is 0.0626. The highest BCUT2D eigenvalue weighted by atomic mass is 16.6. The number of likely N-dealkylation sites (N-methyl/N-ethyl adjacent to an activating group) is 1. The third-order valence-electron chi connectivity index (χ3n) is 5.19. The van der Waals surface area contributed by atoms with Crippen LogP contribution in [0.3, 0.4) is 0 Å². The zero-order valence-electron chi connectivity index (χ0n) is 15.6. The molecule has 0 saturated carbocycles.